The summed E-state index contributed by atoms with van der Waals surface area (Å²) in [6.45, 7) is 0. The average Bonchev–Trinajstić information content (AvgIpc) is 2.73. The molecule has 0 bridgehead atoms. The zero-order valence-corrected chi connectivity index (χ0v) is 12.0. The minimum atomic E-state index is -0.0555. The Morgan fingerprint density at radius 1 is 1.10 bits per heavy atom. The number of phenolic OH excluding ortho intramolecular Hbond substituents is 2. The van der Waals surface area contributed by atoms with E-state index in [0.717, 1.165) is 5.56 Å². The third-order valence-corrected chi connectivity index (χ3v) is 4.00. The van der Waals surface area contributed by atoms with Gasteiger partial charge in [-0.2, -0.15) is 0 Å². The fourth-order valence-corrected chi connectivity index (χ4v) is 2.74. The molecule has 0 aromatic heterocycles. The Kier molecular flexibility index (Phi) is 3.10. The van der Waals surface area contributed by atoms with Gasteiger partial charge in [0.25, 0.3) is 0 Å². The zero-order valence-electron chi connectivity index (χ0n) is 10.4. The molecule has 100 valence electrons. The standard InChI is InChI=1S/C16H11BrO3/c17-13-7-9(4-5-15(13)19)6-10-8-12-11(16(10)20)2-1-3-14(12)18/h1-7,18-19H,8H2/b10-6-. The second-order valence-corrected chi connectivity index (χ2v) is 5.54. The van der Waals surface area contributed by atoms with Crippen molar-refractivity contribution in [3.8, 4) is 11.5 Å². The average molecular weight is 331 g/mol. The summed E-state index contributed by atoms with van der Waals surface area (Å²) in [5, 5.41) is 19.3. The van der Waals surface area contributed by atoms with Crippen molar-refractivity contribution in [3.63, 3.8) is 0 Å². The van der Waals surface area contributed by atoms with Gasteiger partial charge in [0.1, 0.15) is 11.5 Å². The van der Waals surface area contributed by atoms with Crippen LogP contribution in [0.2, 0.25) is 0 Å². The van der Waals surface area contributed by atoms with Crippen molar-refractivity contribution in [1.82, 2.24) is 0 Å². The van der Waals surface area contributed by atoms with Crippen LogP contribution < -0.4 is 0 Å². The third-order valence-electron chi connectivity index (χ3n) is 3.37. The molecular formula is C16H11BrO3. The molecule has 1 aliphatic rings. The summed E-state index contributed by atoms with van der Waals surface area (Å²) in [5.74, 6) is 0.261. The molecule has 2 N–H and O–H groups in total. The highest BCUT2D eigenvalue weighted by atomic mass is 79.9. The van der Waals surface area contributed by atoms with Crippen LogP contribution >= 0.6 is 15.9 Å². The Labute approximate surface area is 124 Å². The maximum Gasteiger partial charge on any atom is 0.189 e. The van der Waals surface area contributed by atoms with E-state index in [0.29, 0.717) is 27.6 Å². The van der Waals surface area contributed by atoms with Crippen molar-refractivity contribution in [2.75, 3.05) is 0 Å². The maximum absolute atomic E-state index is 12.3. The van der Waals surface area contributed by atoms with Crippen LogP contribution in [0.3, 0.4) is 0 Å². The Morgan fingerprint density at radius 2 is 1.90 bits per heavy atom. The Bertz CT molecular complexity index is 747. The van der Waals surface area contributed by atoms with Crippen LogP contribution in [0.5, 0.6) is 11.5 Å². The molecule has 4 heteroatoms. The summed E-state index contributed by atoms with van der Waals surface area (Å²) in [6, 6.07) is 10.0. The van der Waals surface area contributed by atoms with Crippen LogP contribution in [-0.4, -0.2) is 16.0 Å². The number of Topliss-reactive ketones (excluding diaryl/α,β-unsaturated/α-hetero) is 1. The number of benzene rings is 2. The number of fused-ring (bicyclic) bond motifs is 1. The zero-order chi connectivity index (χ0) is 14.3. The van der Waals surface area contributed by atoms with Crippen LogP contribution in [-0.2, 0) is 6.42 Å². The number of rotatable bonds is 1. The largest absolute Gasteiger partial charge is 0.508 e. The number of aromatic hydroxyl groups is 2. The number of carbonyl (C=O) groups excluding carboxylic acids is 1. The monoisotopic (exact) mass is 330 g/mol. The SMILES string of the molecule is O=C1/C(=C\c2ccc(O)c(Br)c2)Cc2c(O)cccc21. The lowest BCUT2D eigenvalue weighted by Crippen LogP contribution is -1.94. The quantitative estimate of drug-likeness (QED) is 0.784. The van der Waals surface area contributed by atoms with Gasteiger partial charge >= 0.3 is 0 Å². The van der Waals surface area contributed by atoms with E-state index in [1.165, 1.54) is 0 Å². The molecule has 2 aromatic carbocycles. The second-order valence-electron chi connectivity index (χ2n) is 4.69. The highest BCUT2D eigenvalue weighted by molar-refractivity contribution is 9.10. The van der Waals surface area contributed by atoms with Crippen molar-refractivity contribution in [1.29, 1.82) is 0 Å². The Hall–Kier alpha value is -2.07. The van der Waals surface area contributed by atoms with Crippen LogP contribution in [0.1, 0.15) is 21.5 Å². The van der Waals surface area contributed by atoms with Gasteiger partial charge in [0, 0.05) is 23.1 Å². The molecule has 0 amide bonds. The summed E-state index contributed by atoms with van der Waals surface area (Å²) in [7, 11) is 0. The first kappa shape index (κ1) is 12.9. The molecule has 0 atom stereocenters. The lowest BCUT2D eigenvalue weighted by Gasteiger charge is -2.00. The lowest BCUT2D eigenvalue weighted by molar-refractivity contribution is 0.104. The molecule has 3 rings (SSSR count). The predicted octanol–water partition coefficient (Wildman–Crippen LogP) is 3.68. The van der Waals surface area contributed by atoms with Crippen molar-refractivity contribution >= 4 is 27.8 Å². The molecule has 0 aliphatic heterocycles. The van der Waals surface area contributed by atoms with E-state index in [4.69, 9.17) is 0 Å². The number of halogens is 1. The highest BCUT2D eigenvalue weighted by Gasteiger charge is 2.26. The van der Waals surface area contributed by atoms with Gasteiger partial charge in [0.2, 0.25) is 0 Å². The fraction of sp³-hybridized carbons (Fsp3) is 0.0625. The molecule has 0 radical (unpaired) electrons. The first-order chi connectivity index (χ1) is 9.56. The number of phenols is 2. The minimum absolute atomic E-state index is 0.0555. The molecule has 0 unspecified atom stereocenters. The van der Waals surface area contributed by atoms with E-state index in [1.54, 1.807) is 42.5 Å². The summed E-state index contributed by atoms with van der Waals surface area (Å²) >= 11 is 3.25. The van der Waals surface area contributed by atoms with Gasteiger partial charge in [-0.15, -0.1) is 0 Å². The van der Waals surface area contributed by atoms with Gasteiger partial charge in [-0.25, -0.2) is 0 Å². The molecule has 2 aromatic rings. The van der Waals surface area contributed by atoms with Crippen molar-refractivity contribution in [2.24, 2.45) is 0 Å². The van der Waals surface area contributed by atoms with Gasteiger partial charge in [0.05, 0.1) is 4.47 Å². The summed E-state index contributed by atoms with van der Waals surface area (Å²) in [5.41, 5.74) is 2.71. The first-order valence-corrected chi connectivity index (χ1v) is 6.90. The van der Waals surface area contributed by atoms with E-state index in [-0.39, 0.29) is 17.3 Å². The van der Waals surface area contributed by atoms with E-state index in [9.17, 15) is 15.0 Å². The van der Waals surface area contributed by atoms with Crippen molar-refractivity contribution in [2.45, 2.75) is 6.42 Å². The molecular weight excluding hydrogens is 320 g/mol. The second kappa shape index (κ2) is 4.80. The third kappa shape index (κ3) is 2.12. The van der Waals surface area contributed by atoms with Crippen LogP contribution in [0.25, 0.3) is 6.08 Å². The van der Waals surface area contributed by atoms with Gasteiger partial charge in [0.15, 0.2) is 5.78 Å². The fourth-order valence-electron chi connectivity index (χ4n) is 2.35. The van der Waals surface area contributed by atoms with Gasteiger partial charge in [-0.05, 0) is 45.8 Å². The van der Waals surface area contributed by atoms with E-state index >= 15 is 0 Å². The predicted molar refractivity (Wildman–Crippen MR) is 79.9 cm³/mol. The van der Waals surface area contributed by atoms with Gasteiger partial charge in [-0.3, -0.25) is 4.79 Å². The minimum Gasteiger partial charge on any atom is -0.508 e. The number of hydrogen-bond donors (Lipinski definition) is 2. The van der Waals surface area contributed by atoms with Crippen molar-refractivity contribution < 1.29 is 15.0 Å². The van der Waals surface area contributed by atoms with Crippen molar-refractivity contribution in [3.05, 3.63) is 63.1 Å². The van der Waals surface area contributed by atoms with Crippen LogP contribution in [0.4, 0.5) is 0 Å². The van der Waals surface area contributed by atoms with E-state index < -0.39 is 0 Å². The summed E-state index contributed by atoms with van der Waals surface area (Å²) < 4.78 is 0.581. The normalized spacial score (nSPS) is 15.7. The van der Waals surface area contributed by atoms with Gasteiger partial charge < -0.3 is 10.2 Å². The summed E-state index contributed by atoms with van der Waals surface area (Å²) in [6.07, 6.45) is 2.21. The van der Waals surface area contributed by atoms with E-state index in [2.05, 4.69) is 15.9 Å². The smallest absolute Gasteiger partial charge is 0.189 e. The Morgan fingerprint density at radius 3 is 2.60 bits per heavy atom. The molecule has 0 saturated carbocycles. The molecule has 0 spiro atoms. The molecule has 20 heavy (non-hydrogen) atoms. The molecule has 0 saturated heterocycles. The lowest BCUT2D eigenvalue weighted by atomic mass is 10.1. The van der Waals surface area contributed by atoms with Gasteiger partial charge in [-0.1, -0.05) is 18.2 Å². The number of carbonyl (C=O) groups is 1. The highest BCUT2D eigenvalue weighted by Crippen LogP contribution is 2.34. The molecule has 0 heterocycles. The van der Waals surface area contributed by atoms with E-state index in [1.807, 2.05) is 0 Å². The number of allylic oxidation sites excluding steroid dienone is 1. The number of ketones is 1. The first-order valence-electron chi connectivity index (χ1n) is 6.11. The maximum atomic E-state index is 12.3. The molecule has 0 fully saturated rings. The van der Waals surface area contributed by atoms with Crippen LogP contribution in [0.15, 0.2) is 46.4 Å². The number of hydrogen-bond acceptors (Lipinski definition) is 3. The summed E-state index contributed by atoms with van der Waals surface area (Å²) in [4.78, 5) is 12.3. The van der Waals surface area contributed by atoms with Crippen LogP contribution in [0, 0.1) is 0 Å². The molecule has 1 aliphatic carbocycles. The topological polar surface area (TPSA) is 57.5 Å². The Balaban J connectivity index is 2.01. The molecule has 3 nitrogen and oxygen atoms in total.